The molecule has 1 heterocycles. The Morgan fingerprint density at radius 2 is 1.85 bits per heavy atom. The third kappa shape index (κ3) is 5.00. The summed E-state index contributed by atoms with van der Waals surface area (Å²) >= 11 is 19.5. The Bertz CT molecular complexity index is 972. The molecule has 2 aromatic carbocycles. The van der Waals surface area contributed by atoms with Crippen molar-refractivity contribution in [1.29, 1.82) is 0 Å². The standard InChI is InChI=1S/C19H11Cl3N2O2S/c1-2-7-26-17-14(21)8-11(9-15(17)22)10-16-18(25)24-19(27-16)23-13-5-3-12(20)4-6-13/h1,3-6,8-10H,7H2,(H,23,24,25)/b16-10-. The number of hydrogen-bond acceptors (Lipinski definition) is 4. The maximum atomic E-state index is 12.2. The number of ether oxygens (including phenoxy) is 1. The molecule has 136 valence electrons. The number of benzene rings is 2. The highest BCUT2D eigenvalue weighted by atomic mass is 35.5. The van der Waals surface area contributed by atoms with Crippen molar-refractivity contribution in [1.82, 2.24) is 5.32 Å². The monoisotopic (exact) mass is 436 g/mol. The van der Waals surface area contributed by atoms with E-state index >= 15 is 0 Å². The van der Waals surface area contributed by atoms with Gasteiger partial charge in [-0.25, -0.2) is 4.99 Å². The quantitative estimate of drug-likeness (QED) is 0.504. The minimum absolute atomic E-state index is 0.0582. The van der Waals surface area contributed by atoms with E-state index in [9.17, 15) is 4.79 Å². The average molecular weight is 438 g/mol. The number of nitrogens with one attached hydrogen (secondary N) is 1. The molecule has 1 N–H and O–H groups in total. The first-order valence-electron chi connectivity index (χ1n) is 7.56. The topological polar surface area (TPSA) is 50.7 Å². The Labute approximate surface area is 175 Å². The number of hydrogen-bond donors (Lipinski definition) is 1. The van der Waals surface area contributed by atoms with E-state index in [0.717, 1.165) is 0 Å². The van der Waals surface area contributed by atoms with Gasteiger partial charge < -0.3 is 10.1 Å². The van der Waals surface area contributed by atoms with Gasteiger partial charge in [-0.1, -0.05) is 40.7 Å². The fraction of sp³-hybridized carbons (Fsp3) is 0.0526. The summed E-state index contributed by atoms with van der Waals surface area (Å²) in [6.07, 6.45) is 6.84. The minimum atomic E-state index is -0.257. The largest absolute Gasteiger partial charge is 0.478 e. The number of amides is 1. The first-order chi connectivity index (χ1) is 13.0. The SMILES string of the molecule is C#CCOc1c(Cl)cc(/C=C2\SC(=Nc3ccc(Cl)cc3)NC2=O)cc1Cl. The summed E-state index contributed by atoms with van der Waals surface area (Å²) in [5, 5.41) is 4.42. The molecule has 8 heteroatoms. The van der Waals surface area contributed by atoms with Crippen molar-refractivity contribution in [3.05, 3.63) is 61.9 Å². The lowest BCUT2D eigenvalue weighted by molar-refractivity contribution is -0.115. The lowest BCUT2D eigenvalue weighted by atomic mass is 10.2. The molecular formula is C19H11Cl3N2O2S. The number of thioether (sulfide) groups is 1. The summed E-state index contributed by atoms with van der Waals surface area (Å²) < 4.78 is 5.32. The van der Waals surface area contributed by atoms with Gasteiger partial charge in [0.1, 0.15) is 6.61 Å². The molecule has 0 atom stereocenters. The van der Waals surface area contributed by atoms with Gasteiger partial charge in [0.2, 0.25) is 0 Å². The van der Waals surface area contributed by atoms with Gasteiger partial charge in [0, 0.05) is 5.02 Å². The highest BCUT2D eigenvalue weighted by Crippen LogP contribution is 2.36. The van der Waals surface area contributed by atoms with Crippen LogP contribution in [-0.4, -0.2) is 17.7 Å². The number of rotatable bonds is 4. The van der Waals surface area contributed by atoms with Crippen LogP contribution in [0.25, 0.3) is 6.08 Å². The zero-order chi connectivity index (χ0) is 19.4. The Balaban J connectivity index is 1.82. The zero-order valence-corrected chi connectivity index (χ0v) is 16.7. The number of carbonyl (C=O) groups is 1. The van der Waals surface area contributed by atoms with Crippen LogP contribution < -0.4 is 10.1 Å². The molecule has 1 aliphatic heterocycles. The van der Waals surface area contributed by atoms with Crippen LogP contribution in [-0.2, 0) is 4.79 Å². The molecule has 1 saturated heterocycles. The first kappa shape index (κ1) is 19.7. The maximum Gasteiger partial charge on any atom is 0.264 e. The molecular weight excluding hydrogens is 427 g/mol. The first-order valence-corrected chi connectivity index (χ1v) is 9.52. The van der Waals surface area contributed by atoms with Crippen LogP contribution >= 0.6 is 46.6 Å². The van der Waals surface area contributed by atoms with Crippen LogP contribution in [0.4, 0.5) is 5.69 Å². The van der Waals surface area contributed by atoms with E-state index in [1.54, 1.807) is 42.5 Å². The molecule has 4 nitrogen and oxygen atoms in total. The summed E-state index contributed by atoms with van der Waals surface area (Å²) in [6, 6.07) is 10.3. The van der Waals surface area contributed by atoms with Gasteiger partial charge in [-0.2, -0.15) is 0 Å². The molecule has 3 rings (SSSR count). The van der Waals surface area contributed by atoms with Gasteiger partial charge >= 0.3 is 0 Å². The molecule has 0 radical (unpaired) electrons. The van der Waals surface area contributed by atoms with Gasteiger partial charge in [0.25, 0.3) is 5.91 Å². The third-order valence-corrected chi connectivity index (χ3v) is 5.05. The molecule has 0 spiro atoms. The number of amidine groups is 1. The number of halogens is 3. The predicted octanol–water partition coefficient (Wildman–Crippen LogP) is 5.55. The van der Waals surface area contributed by atoms with Crippen LogP contribution in [0.3, 0.4) is 0 Å². The summed E-state index contributed by atoms with van der Waals surface area (Å²) in [6.45, 7) is 0.0582. The molecule has 0 bridgehead atoms. The van der Waals surface area contributed by atoms with Crippen molar-refractivity contribution >= 4 is 69.4 Å². The lowest BCUT2D eigenvalue weighted by Crippen LogP contribution is -2.19. The second-order valence-corrected chi connectivity index (χ2v) is 7.55. The van der Waals surface area contributed by atoms with Crippen molar-refractivity contribution in [2.24, 2.45) is 4.99 Å². The van der Waals surface area contributed by atoms with E-state index in [2.05, 4.69) is 16.2 Å². The molecule has 0 aliphatic carbocycles. The fourth-order valence-corrected chi connectivity index (χ4v) is 3.76. The van der Waals surface area contributed by atoms with Crippen LogP contribution in [0.15, 0.2) is 46.3 Å². The van der Waals surface area contributed by atoms with Crippen LogP contribution in [0.5, 0.6) is 5.75 Å². The van der Waals surface area contributed by atoms with Gasteiger partial charge in [0.05, 0.1) is 20.6 Å². The number of aliphatic imine (C=N–C) groups is 1. The van der Waals surface area contributed by atoms with Crippen LogP contribution in [0, 0.1) is 12.3 Å². The highest BCUT2D eigenvalue weighted by molar-refractivity contribution is 8.18. The lowest BCUT2D eigenvalue weighted by Gasteiger charge is -2.08. The van der Waals surface area contributed by atoms with Gasteiger partial charge in [0.15, 0.2) is 10.9 Å². The van der Waals surface area contributed by atoms with E-state index in [4.69, 9.17) is 46.0 Å². The van der Waals surface area contributed by atoms with E-state index in [-0.39, 0.29) is 12.5 Å². The Kier molecular flexibility index (Phi) is 6.35. The van der Waals surface area contributed by atoms with Crippen molar-refractivity contribution in [2.75, 3.05) is 6.61 Å². The molecule has 1 fully saturated rings. The van der Waals surface area contributed by atoms with E-state index < -0.39 is 0 Å². The summed E-state index contributed by atoms with van der Waals surface area (Å²) in [7, 11) is 0. The number of nitrogens with zero attached hydrogens (tertiary/aromatic N) is 1. The van der Waals surface area contributed by atoms with Gasteiger partial charge in [-0.05, 0) is 59.8 Å². The summed E-state index contributed by atoms with van der Waals surface area (Å²) in [5.41, 5.74) is 1.34. The van der Waals surface area contributed by atoms with Crippen molar-refractivity contribution in [3.8, 4) is 18.1 Å². The van der Waals surface area contributed by atoms with E-state index in [0.29, 0.717) is 42.1 Å². The second-order valence-electron chi connectivity index (χ2n) is 5.26. The van der Waals surface area contributed by atoms with Gasteiger partial charge in [-0.3, -0.25) is 4.79 Å². The summed E-state index contributed by atoms with van der Waals surface area (Å²) in [5.74, 6) is 2.40. The van der Waals surface area contributed by atoms with E-state index in [1.165, 1.54) is 11.8 Å². The maximum absolute atomic E-state index is 12.2. The van der Waals surface area contributed by atoms with Crippen molar-refractivity contribution in [2.45, 2.75) is 0 Å². The smallest absolute Gasteiger partial charge is 0.264 e. The Morgan fingerprint density at radius 1 is 1.19 bits per heavy atom. The average Bonchev–Trinajstić information content (AvgIpc) is 2.95. The second kappa shape index (κ2) is 8.73. The Morgan fingerprint density at radius 3 is 2.48 bits per heavy atom. The van der Waals surface area contributed by atoms with Gasteiger partial charge in [-0.15, -0.1) is 6.42 Å². The molecule has 1 aliphatic rings. The third-order valence-electron chi connectivity index (χ3n) is 3.33. The van der Waals surface area contributed by atoms with Crippen molar-refractivity contribution < 1.29 is 9.53 Å². The highest BCUT2D eigenvalue weighted by Gasteiger charge is 2.24. The molecule has 2 aromatic rings. The Hall–Kier alpha value is -2.10. The molecule has 0 saturated carbocycles. The molecule has 27 heavy (non-hydrogen) atoms. The van der Waals surface area contributed by atoms with Crippen molar-refractivity contribution in [3.63, 3.8) is 0 Å². The predicted molar refractivity (Wildman–Crippen MR) is 113 cm³/mol. The molecule has 0 aromatic heterocycles. The number of terminal acetylenes is 1. The van der Waals surface area contributed by atoms with Crippen LogP contribution in [0.2, 0.25) is 15.1 Å². The molecule has 1 amide bonds. The minimum Gasteiger partial charge on any atom is -0.478 e. The zero-order valence-electron chi connectivity index (χ0n) is 13.6. The normalized spacial score (nSPS) is 16.4. The van der Waals surface area contributed by atoms with Crippen LogP contribution in [0.1, 0.15) is 5.56 Å². The van der Waals surface area contributed by atoms with E-state index in [1.807, 2.05) is 0 Å². The summed E-state index contributed by atoms with van der Waals surface area (Å²) in [4.78, 5) is 17.0. The fourth-order valence-electron chi connectivity index (χ4n) is 2.18. The molecule has 0 unspecified atom stereocenters. The number of carbonyl (C=O) groups excluding carboxylic acids is 1.